The lowest BCUT2D eigenvalue weighted by molar-refractivity contribution is -0.136. The minimum atomic E-state index is -0.515. The Morgan fingerprint density at radius 1 is 1.00 bits per heavy atom. The van der Waals surface area contributed by atoms with Crippen molar-refractivity contribution in [2.45, 2.75) is 6.92 Å². The molecular weight excluding hydrogens is 470 g/mol. The molecule has 0 unspecified atom stereocenters. The number of benzene rings is 2. The standard InChI is InChI=1S/C25H25N3O6S/c1-17(29)34-20-9-8-18(14-21(20)33-2)15-22-24(31)28(25(32)35-22)16-23(30)27-12-10-26(11-13-27)19-6-4-3-5-7-19/h3-9,14-15H,10-13,16H2,1-2H3/b22-15-. The Morgan fingerprint density at radius 2 is 1.71 bits per heavy atom. The van der Waals surface area contributed by atoms with Crippen LogP contribution in [0.25, 0.3) is 6.08 Å². The number of carbonyl (C=O) groups is 4. The van der Waals surface area contributed by atoms with E-state index in [0.717, 1.165) is 22.3 Å². The third kappa shape index (κ3) is 5.65. The predicted octanol–water partition coefficient (Wildman–Crippen LogP) is 3.01. The van der Waals surface area contributed by atoms with Crippen molar-refractivity contribution in [3.05, 3.63) is 59.0 Å². The summed E-state index contributed by atoms with van der Waals surface area (Å²) < 4.78 is 10.3. The molecular formula is C25H25N3O6S. The molecule has 0 N–H and O–H groups in total. The van der Waals surface area contributed by atoms with Gasteiger partial charge in [-0.05, 0) is 47.7 Å². The molecule has 35 heavy (non-hydrogen) atoms. The van der Waals surface area contributed by atoms with Crippen LogP contribution in [-0.4, -0.2) is 72.7 Å². The number of nitrogens with zero attached hydrogens (tertiary/aromatic N) is 3. The molecule has 182 valence electrons. The molecule has 0 spiro atoms. The average molecular weight is 496 g/mol. The molecule has 2 aromatic carbocycles. The summed E-state index contributed by atoms with van der Waals surface area (Å²) in [6.07, 6.45) is 1.55. The zero-order valence-corrected chi connectivity index (χ0v) is 20.2. The minimum Gasteiger partial charge on any atom is -0.493 e. The number of imide groups is 1. The fourth-order valence-corrected chi connectivity index (χ4v) is 4.73. The van der Waals surface area contributed by atoms with Crippen molar-refractivity contribution in [3.8, 4) is 11.5 Å². The quantitative estimate of drug-likeness (QED) is 0.343. The first-order valence-electron chi connectivity index (χ1n) is 11.1. The van der Waals surface area contributed by atoms with Gasteiger partial charge in [0.15, 0.2) is 11.5 Å². The van der Waals surface area contributed by atoms with Crippen molar-refractivity contribution in [2.75, 3.05) is 44.7 Å². The van der Waals surface area contributed by atoms with Crippen LogP contribution < -0.4 is 14.4 Å². The van der Waals surface area contributed by atoms with Crippen LogP contribution >= 0.6 is 11.8 Å². The maximum atomic E-state index is 12.9. The molecule has 0 saturated carbocycles. The third-order valence-electron chi connectivity index (χ3n) is 5.66. The molecule has 3 amide bonds. The molecule has 2 fully saturated rings. The second kappa shape index (κ2) is 10.6. The number of carbonyl (C=O) groups excluding carboxylic acids is 4. The SMILES string of the molecule is COc1cc(/C=C2\SC(=O)N(CC(=O)N3CCN(c4ccccc4)CC3)C2=O)ccc1OC(C)=O. The normalized spacial score (nSPS) is 17.2. The molecule has 0 aliphatic carbocycles. The number of methoxy groups -OCH3 is 1. The first-order chi connectivity index (χ1) is 16.9. The molecule has 2 aliphatic rings. The second-order valence-corrected chi connectivity index (χ2v) is 8.97. The lowest BCUT2D eigenvalue weighted by Gasteiger charge is -2.36. The highest BCUT2D eigenvalue weighted by Gasteiger charge is 2.37. The monoisotopic (exact) mass is 495 g/mol. The Labute approximate surface area is 207 Å². The van der Waals surface area contributed by atoms with Crippen molar-refractivity contribution in [2.24, 2.45) is 0 Å². The summed E-state index contributed by atoms with van der Waals surface area (Å²) in [7, 11) is 1.44. The molecule has 10 heteroatoms. The number of esters is 1. The summed E-state index contributed by atoms with van der Waals surface area (Å²) in [4.78, 5) is 54.5. The Kier molecular flexibility index (Phi) is 7.40. The highest BCUT2D eigenvalue weighted by atomic mass is 32.2. The molecule has 0 radical (unpaired) electrons. The van der Waals surface area contributed by atoms with Crippen molar-refractivity contribution < 1.29 is 28.7 Å². The average Bonchev–Trinajstić information content (AvgIpc) is 3.12. The van der Waals surface area contributed by atoms with Gasteiger partial charge in [-0.2, -0.15) is 0 Å². The Hall–Kier alpha value is -3.79. The number of ether oxygens (including phenoxy) is 2. The van der Waals surface area contributed by atoms with Crippen molar-refractivity contribution in [3.63, 3.8) is 0 Å². The molecule has 2 aromatic rings. The summed E-state index contributed by atoms with van der Waals surface area (Å²) in [5, 5.41) is -0.485. The van der Waals surface area contributed by atoms with E-state index in [0.29, 0.717) is 37.5 Å². The number of para-hydroxylation sites is 1. The van der Waals surface area contributed by atoms with E-state index in [2.05, 4.69) is 4.90 Å². The van der Waals surface area contributed by atoms with Gasteiger partial charge < -0.3 is 19.3 Å². The van der Waals surface area contributed by atoms with Gasteiger partial charge in [-0.1, -0.05) is 24.3 Å². The van der Waals surface area contributed by atoms with Gasteiger partial charge in [0, 0.05) is 38.8 Å². The number of rotatable bonds is 6. The topological polar surface area (TPSA) is 96.5 Å². The van der Waals surface area contributed by atoms with Gasteiger partial charge in [0.1, 0.15) is 6.54 Å². The Bertz CT molecular complexity index is 1170. The van der Waals surface area contributed by atoms with E-state index < -0.39 is 17.1 Å². The number of thioether (sulfide) groups is 1. The van der Waals surface area contributed by atoms with Gasteiger partial charge in [0.05, 0.1) is 12.0 Å². The summed E-state index contributed by atoms with van der Waals surface area (Å²) >= 11 is 0.785. The van der Waals surface area contributed by atoms with E-state index in [4.69, 9.17) is 9.47 Å². The largest absolute Gasteiger partial charge is 0.493 e. The van der Waals surface area contributed by atoms with Crippen LogP contribution in [0, 0.1) is 0 Å². The van der Waals surface area contributed by atoms with Crippen LogP contribution in [0.2, 0.25) is 0 Å². The molecule has 2 heterocycles. The van der Waals surface area contributed by atoms with Crippen molar-refractivity contribution in [1.82, 2.24) is 9.80 Å². The number of hydrogen-bond acceptors (Lipinski definition) is 8. The van der Waals surface area contributed by atoms with E-state index in [9.17, 15) is 19.2 Å². The zero-order valence-electron chi connectivity index (χ0n) is 19.4. The molecule has 2 aliphatic heterocycles. The molecule has 4 rings (SSSR count). The molecule has 9 nitrogen and oxygen atoms in total. The van der Waals surface area contributed by atoms with Gasteiger partial charge in [0.25, 0.3) is 11.1 Å². The number of piperazine rings is 1. The molecule has 0 bridgehead atoms. The van der Waals surface area contributed by atoms with Crippen LogP contribution in [0.1, 0.15) is 12.5 Å². The fraction of sp³-hybridized carbons (Fsp3) is 0.280. The lowest BCUT2D eigenvalue weighted by Crippen LogP contribution is -2.51. The van der Waals surface area contributed by atoms with Crippen LogP contribution in [-0.2, 0) is 14.4 Å². The lowest BCUT2D eigenvalue weighted by atomic mass is 10.2. The van der Waals surface area contributed by atoms with Crippen LogP contribution in [0.4, 0.5) is 10.5 Å². The molecule has 2 saturated heterocycles. The van der Waals surface area contributed by atoms with E-state index in [-0.39, 0.29) is 23.1 Å². The molecule has 0 atom stereocenters. The maximum Gasteiger partial charge on any atom is 0.308 e. The van der Waals surface area contributed by atoms with Crippen LogP contribution in [0.5, 0.6) is 11.5 Å². The predicted molar refractivity (Wildman–Crippen MR) is 132 cm³/mol. The number of amides is 3. The minimum absolute atomic E-state index is 0.207. The summed E-state index contributed by atoms with van der Waals surface area (Å²) in [6.45, 7) is 3.41. The molecule has 0 aromatic heterocycles. The summed E-state index contributed by atoms with van der Waals surface area (Å²) in [5.74, 6) is -0.683. The van der Waals surface area contributed by atoms with Gasteiger partial charge in [-0.15, -0.1) is 0 Å². The van der Waals surface area contributed by atoms with Crippen LogP contribution in [0.15, 0.2) is 53.4 Å². The maximum absolute atomic E-state index is 12.9. The summed E-state index contributed by atoms with van der Waals surface area (Å²) in [6, 6.07) is 14.8. The van der Waals surface area contributed by atoms with Gasteiger partial charge >= 0.3 is 5.97 Å². The van der Waals surface area contributed by atoms with Gasteiger partial charge in [-0.25, -0.2) is 0 Å². The first kappa shape index (κ1) is 24.3. The van der Waals surface area contributed by atoms with Crippen LogP contribution in [0.3, 0.4) is 0 Å². The Balaban J connectivity index is 1.39. The highest BCUT2D eigenvalue weighted by molar-refractivity contribution is 8.18. The second-order valence-electron chi connectivity index (χ2n) is 7.98. The van der Waals surface area contributed by atoms with Crippen molar-refractivity contribution in [1.29, 1.82) is 0 Å². The number of anilines is 1. The highest BCUT2D eigenvalue weighted by Crippen LogP contribution is 2.34. The third-order valence-corrected chi connectivity index (χ3v) is 6.57. The van der Waals surface area contributed by atoms with Crippen molar-refractivity contribution >= 4 is 46.5 Å². The summed E-state index contributed by atoms with van der Waals surface area (Å²) in [5.41, 5.74) is 1.69. The van der Waals surface area contributed by atoms with Gasteiger partial charge in [0.2, 0.25) is 5.91 Å². The fourth-order valence-electron chi connectivity index (χ4n) is 3.89. The van der Waals surface area contributed by atoms with E-state index in [1.165, 1.54) is 14.0 Å². The van der Waals surface area contributed by atoms with E-state index in [1.807, 2.05) is 30.3 Å². The Morgan fingerprint density at radius 3 is 2.37 bits per heavy atom. The first-order valence-corrected chi connectivity index (χ1v) is 11.9. The van der Waals surface area contributed by atoms with Gasteiger partial charge in [-0.3, -0.25) is 24.1 Å². The smallest absolute Gasteiger partial charge is 0.308 e. The van der Waals surface area contributed by atoms with E-state index >= 15 is 0 Å². The van der Waals surface area contributed by atoms with E-state index in [1.54, 1.807) is 29.2 Å². The number of hydrogen-bond donors (Lipinski definition) is 0. The zero-order chi connectivity index (χ0) is 24.9.